The molecule has 0 aromatic heterocycles. The van der Waals surface area contributed by atoms with Crippen molar-refractivity contribution in [3.63, 3.8) is 0 Å². The van der Waals surface area contributed by atoms with Crippen LogP contribution in [0, 0.1) is 0 Å². The number of carbonyl (C=O) groups excluding carboxylic acids is 3. The van der Waals surface area contributed by atoms with Crippen LogP contribution in [0.5, 0.6) is 0 Å². The normalized spacial score (nSPS) is 26.0. The zero-order valence-corrected chi connectivity index (χ0v) is 14.6. The molecule has 0 bridgehead atoms. The Balaban J connectivity index is 2.13. The molecule has 3 rings (SSSR count). The molecule has 1 heterocycles. The Hall–Kier alpha value is -2.35. The molecule has 7 nitrogen and oxygen atoms in total. The number of aliphatic hydroxyl groups excluding tert-OH is 2. The van der Waals surface area contributed by atoms with Crippen molar-refractivity contribution < 1.29 is 34.1 Å². The number of rotatable bonds is 6. The van der Waals surface area contributed by atoms with Crippen LogP contribution in [0.25, 0.3) is 0 Å². The molecule has 1 aromatic rings. The number of ketones is 2. The summed E-state index contributed by atoms with van der Waals surface area (Å²) in [6.07, 6.45) is -0.0844. The molecule has 0 spiro atoms. The van der Waals surface area contributed by atoms with E-state index in [1.807, 2.05) is 0 Å². The maximum Gasteiger partial charge on any atom is 0.350 e. The fourth-order valence-electron chi connectivity index (χ4n) is 3.43. The van der Waals surface area contributed by atoms with Gasteiger partial charge in [0, 0.05) is 17.5 Å². The molecule has 1 aromatic carbocycles. The Kier molecular flexibility index (Phi) is 4.56. The van der Waals surface area contributed by atoms with Gasteiger partial charge in [-0.2, -0.15) is 0 Å². The van der Waals surface area contributed by atoms with Crippen molar-refractivity contribution in [1.82, 2.24) is 0 Å². The third-order valence-electron chi connectivity index (χ3n) is 4.93. The Bertz CT molecular complexity index is 821. The van der Waals surface area contributed by atoms with Crippen molar-refractivity contribution in [2.45, 2.75) is 31.5 Å². The first-order chi connectivity index (χ1) is 12.4. The highest BCUT2D eigenvalue weighted by molar-refractivity contribution is 6.32. The number of hydrogen-bond donors (Lipinski definition) is 2. The monoisotopic (exact) mass is 360 g/mol. The van der Waals surface area contributed by atoms with E-state index in [-0.39, 0.29) is 30.8 Å². The molecule has 2 aliphatic rings. The highest BCUT2D eigenvalue weighted by atomic mass is 16.7. The number of epoxide rings is 1. The number of esters is 1. The van der Waals surface area contributed by atoms with Crippen molar-refractivity contribution in [1.29, 1.82) is 0 Å². The zero-order valence-electron chi connectivity index (χ0n) is 14.6. The van der Waals surface area contributed by atoms with Crippen molar-refractivity contribution >= 4 is 17.5 Å². The molecule has 1 aliphatic heterocycles. The number of carbonyl (C=O) groups is 3. The summed E-state index contributed by atoms with van der Waals surface area (Å²) in [5.74, 6) is -2.12. The summed E-state index contributed by atoms with van der Waals surface area (Å²) in [6, 6.07) is 6.21. The van der Waals surface area contributed by atoms with Crippen LogP contribution in [0.1, 0.15) is 41.0 Å². The van der Waals surface area contributed by atoms with Crippen molar-refractivity contribution in [2.75, 3.05) is 19.8 Å². The first-order valence-electron chi connectivity index (χ1n) is 8.28. The van der Waals surface area contributed by atoms with Crippen LogP contribution in [-0.4, -0.2) is 58.8 Å². The van der Waals surface area contributed by atoms with Crippen LogP contribution in [0.2, 0.25) is 0 Å². The van der Waals surface area contributed by atoms with Crippen LogP contribution in [0.15, 0.2) is 35.4 Å². The molecule has 1 fully saturated rings. The second-order valence-electron chi connectivity index (χ2n) is 6.61. The fraction of sp³-hybridized carbons (Fsp3) is 0.421. The van der Waals surface area contributed by atoms with Gasteiger partial charge in [0.25, 0.3) is 5.60 Å². The first-order valence-corrected chi connectivity index (χ1v) is 8.28. The van der Waals surface area contributed by atoms with E-state index >= 15 is 0 Å². The Morgan fingerprint density at radius 3 is 2.27 bits per heavy atom. The van der Waals surface area contributed by atoms with E-state index in [0.29, 0.717) is 5.57 Å². The SMILES string of the molecule is CC(C)=C(CO)CC12OC1(C(=O)OCCO)C(=O)c1ccccc1C2=O. The van der Waals surface area contributed by atoms with Crippen LogP contribution in [-0.2, 0) is 14.3 Å². The minimum Gasteiger partial charge on any atom is -0.461 e. The minimum atomic E-state index is -2.07. The summed E-state index contributed by atoms with van der Waals surface area (Å²) in [7, 11) is 0. The number of allylic oxidation sites excluding steroid dienone is 1. The van der Waals surface area contributed by atoms with Crippen molar-refractivity contribution in [3.05, 3.63) is 46.5 Å². The third-order valence-corrected chi connectivity index (χ3v) is 4.93. The predicted octanol–water partition coefficient (Wildman–Crippen LogP) is 0.828. The lowest BCUT2D eigenvalue weighted by Crippen LogP contribution is -2.51. The molecule has 2 unspecified atom stereocenters. The van der Waals surface area contributed by atoms with E-state index in [9.17, 15) is 19.5 Å². The van der Waals surface area contributed by atoms with Crippen LogP contribution in [0.4, 0.5) is 0 Å². The van der Waals surface area contributed by atoms with Crippen molar-refractivity contribution in [2.24, 2.45) is 0 Å². The summed E-state index contributed by atoms with van der Waals surface area (Å²) >= 11 is 0. The average molecular weight is 360 g/mol. The highest BCUT2D eigenvalue weighted by Crippen LogP contribution is 2.59. The van der Waals surface area contributed by atoms with Gasteiger partial charge in [0.2, 0.25) is 5.78 Å². The van der Waals surface area contributed by atoms with Gasteiger partial charge in [0.05, 0.1) is 13.2 Å². The topological polar surface area (TPSA) is 113 Å². The van der Waals surface area contributed by atoms with E-state index in [4.69, 9.17) is 14.6 Å². The van der Waals surface area contributed by atoms with Crippen molar-refractivity contribution in [3.8, 4) is 0 Å². The largest absolute Gasteiger partial charge is 0.461 e. The lowest BCUT2D eigenvalue weighted by Gasteiger charge is -2.24. The molecular weight excluding hydrogens is 340 g/mol. The molecule has 1 saturated heterocycles. The number of aliphatic hydroxyl groups is 2. The predicted molar refractivity (Wildman–Crippen MR) is 89.8 cm³/mol. The summed E-state index contributed by atoms with van der Waals surface area (Å²) in [6.45, 7) is 2.49. The molecule has 2 N–H and O–H groups in total. The van der Waals surface area contributed by atoms with E-state index in [0.717, 1.165) is 5.57 Å². The maximum atomic E-state index is 13.1. The Labute approximate surface area is 150 Å². The van der Waals surface area contributed by atoms with Gasteiger partial charge < -0.3 is 19.7 Å². The van der Waals surface area contributed by atoms with Gasteiger partial charge in [-0.15, -0.1) is 0 Å². The van der Waals surface area contributed by atoms with Gasteiger partial charge in [0.15, 0.2) is 11.4 Å². The molecule has 138 valence electrons. The number of ether oxygens (including phenoxy) is 2. The molecule has 7 heteroatoms. The fourth-order valence-corrected chi connectivity index (χ4v) is 3.43. The average Bonchev–Trinajstić information content (AvgIpc) is 3.34. The molecule has 0 saturated carbocycles. The molecule has 1 aliphatic carbocycles. The quantitative estimate of drug-likeness (QED) is 0.334. The lowest BCUT2D eigenvalue weighted by atomic mass is 9.71. The summed E-state index contributed by atoms with van der Waals surface area (Å²) in [4.78, 5) is 38.8. The summed E-state index contributed by atoms with van der Waals surface area (Å²) in [5, 5.41) is 18.5. The zero-order chi connectivity index (χ0) is 19.1. The van der Waals surface area contributed by atoms with E-state index in [1.54, 1.807) is 26.0 Å². The molecular formula is C19H20O7. The molecule has 26 heavy (non-hydrogen) atoms. The van der Waals surface area contributed by atoms with E-state index in [1.165, 1.54) is 12.1 Å². The van der Waals surface area contributed by atoms with E-state index in [2.05, 4.69) is 0 Å². The summed E-state index contributed by atoms with van der Waals surface area (Å²) < 4.78 is 10.5. The molecule has 0 amide bonds. The number of hydrogen-bond acceptors (Lipinski definition) is 7. The van der Waals surface area contributed by atoms with Crippen LogP contribution >= 0.6 is 0 Å². The Morgan fingerprint density at radius 1 is 1.12 bits per heavy atom. The number of benzene rings is 1. The van der Waals surface area contributed by atoms with Crippen LogP contribution < -0.4 is 0 Å². The first kappa shape index (κ1) is 18.4. The van der Waals surface area contributed by atoms with Gasteiger partial charge in [0.1, 0.15) is 6.61 Å². The van der Waals surface area contributed by atoms with Gasteiger partial charge in [-0.05, 0) is 19.4 Å². The summed E-state index contributed by atoms with van der Waals surface area (Å²) in [5.41, 5.74) is -2.21. The van der Waals surface area contributed by atoms with Gasteiger partial charge in [-0.1, -0.05) is 29.8 Å². The second-order valence-corrected chi connectivity index (χ2v) is 6.61. The maximum absolute atomic E-state index is 13.1. The van der Waals surface area contributed by atoms with Gasteiger partial charge >= 0.3 is 5.97 Å². The second kappa shape index (κ2) is 6.42. The number of fused-ring (bicyclic) bond motifs is 2. The number of Topliss-reactive ketones (excluding diaryl/α,β-unsaturated/α-hetero) is 2. The third kappa shape index (κ3) is 2.35. The van der Waals surface area contributed by atoms with Crippen LogP contribution in [0.3, 0.4) is 0 Å². The smallest absolute Gasteiger partial charge is 0.350 e. The lowest BCUT2D eigenvalue weighted by molar-refractivity contribution is -0.149. The standard InChI is InChI=1S/C19H20O7/c1-11(2)12(10-21)9-18-15(22)13-5-3-4-6-14(13)16(23)19(18,26-18)17(24)25-8-7-20/h3-6,20-21H,7-10H2,1-2H3. The highest BCUT2D eigenvalue weighted by Gasteiger charge is 2.85. The minimum absolute atomic E-state index is 0.0844. The molecule has 0 radical (unpaired) electrons. The van der Waals surface area contributed by atoms with Gasteiger partial charge in [-0.3, -0.25) is 9.59 Å². The Morgan fingerprint density at radius 2 is 1.73 bits per heavy atom. The molecule has 2 atom stereocenters. The van der Waals surface area contributed by atoms with E-state index < -0.39 is 35.3 Å². The van der Waals surface area contributed by atoms with Gasteiger partial charge in [-0.25, -0.2) is 4.79 Å².